The number of rotatable bonds is 8. The molecule has 0 aliphatic heterocycles. The van der Waals surface area contributed by atoms with Gasteiger partial charge in [-0.05, 0) is 72.4 Å². The van der Waals surface area contributed by atoms with E-state index in [2.05, 4.69) is 30.4 Å². The van der Waals surface area contributed by atoms with Crippen LogP contribution in [0.2, 0.25) is 0 Å². The van der Waals surface area contributed by atoms with Gasteiger partial charge in [-0.2, -0.15) is 4.37 Å². The summed E-state index contributed by atoms with van der Waals surface area (Å²) in [5.41, 5.74) is 11.8. The number of nitrogens with zero attached hydrogens (tertiary/aromatic N) is 1. The Balaban J connectivity index is 0.00000320. The fourth-order valence-corrected chi connectivity index (χ4v) is 4.13. The lowest BCUT2D eigenvalue weighted by Crippen LogP contribution is -2.10. The number of hydrogen-bond donors (Lipinski definition) is 1. The molecule has 3 aromatic rings. The second-order valence-electron chi connectivity index (χ2n) is 6.97. The molecule has 0 aliphatic carbocycles. The molecule has 0 radical (unpaired) electrons. The molecule has 1 aromatic heterocycles. The highest BCUT2D eigenvalue weighted by Gasteiger charge is 2.16. The van der Waals surface area contributed by atoms with Crippen LogP contribution < -0.4 is 15.2 Å². The van der Waals surface area contributed by atoms with E-state index in [-0.39, 0.29) is 18.2 Å². The Hall–Kier alpha value is -2.41. The lowest BCUT2D eigenvalue weighted by molar-refractivity contribution is -0.118. The molecule has 1 heterocycles. The normalized spacial score (nSPS) is 10.4. The third kappa shape index (κ3) is 5.01. The van der Waals surface area contributed by atoms with Gasteiger partial charge in [0.25, 0.3) is 0 Å². The zero-order chi connectivity index (χ0) is 21.0. The fourth-order valence-electron chi connectivity index (χ4n) is 3.37. The quantitative estimate of drug-likeness (QED) is 0.527. The van der Waals surface area contributed by atoms with Crippen molar-refractivity contribution < 1.29 is 14.3 Å². The Bertz CT molecular complexity index is 1030. The minimum atomic E-state index is 0. The molecule has 0 atom stereocenters. The summed E-state index contributed by atoms with van der Waals surface area (Å²) in [7, 11) is 3.30. The van der Waals surface area contributed by atoms with Crippen LogP contribution in [0.5, 0.6) is 11.5 Å². The van der Waals surface area contributed by atoms with Gasteiger partial charge >= 0.3 is 0 Å². The average Bonchev–Trinajstić information content (AvgIpc) is 3.20. The number of Topliss-reactive ketones (excluding diaryl/α,β-unsaturated/α-hetero) is 1. The zero-order valence-electron chi connectivity index (χ0n) is 17.7. The van der Waals surface area contributed by atoms with E-state index < -0.39 is 0 Å². The van der Waals surface area contributed by atoms with Crippen molar-refractivity contribution in [2.45, 2.75) is 26.7 Å². The lowest BCUT2D eigenvalue weighted by Gasteiger charge is -2.13. The molecule has 0 unspecified atom stereocenters. The standard InChI is InChI=1S/C23H26N2O3S.ClH/c1-14-9-18(12-22(28-4)15(14)2)23-20(13-25-29-23)16-5-6-21(27-3)17(10-16)11-19(26)7-8-24;/h5-6,9-10,12-13H,7-8,11,24H2,1-4H3;1H. The highest BCUT2D eigenvalue weighted by molar-refractivity contribution is 7.10. The smallest absolute Gasteiger partial charge is 0.138 e. The second kappa shape index (κ2) is 10.6. The minimum absolute atomic E-state index is 0. The molecule has 2 N–H and O–H groups in total. The highest BCUT2D eigenvalue weighted by atomic mass is 35.5. The molecular weight excluding hydrogens is 420 g/mol. The maximum atomic E-state index is 12.1. The van der Waals surface area contributed by atoms with Crippen molar-refractivity contribution in [3.05, 3.63) is 53.2 Å². The monoisotopic (exact) mass is 446 g/mol. The van der Waals surface area contributed by atoms with Gasteiger partial charge in [0.2, 0.25) is 0 Å². The van der Waals surface area contributed by atoms with Crippen molar-refractivity contribution in [3.63, 3.8) is 0 Å². The number of aryl methyl sites for hydroxylation is 1. The third-order valence-electron chi connectivity index (χ3n) is 5.07. The molecule has 0 spiro atoms. The van der Waals surface area contributed by atoms with Crippen LogP contribution in [-0.2, 0) is 11.2 Å². The van der Waals surface area contributed by atoms with Gasteiger partial charge in [0.05, 0.1) is 19.1 Å². The Morgan fingerprint density at radius 1 is 1.07 bits per heavy atom. The summed E-state index contributed by atoms with van der Waals surface area (Å²) in [5.74, 6) is 1.67. The van der Waals surface area contributed by atoms with Crippen LogP contribution in [-0.4, -0.2) is 30.9 Å². The van der Waals surface area contributed by atoms with Crippen LogP contribution in [0.1, 0.15) is 23.1 Å². The van der Waals surface area contributed by atoms with E-state index in [1.165, 1.54) is 17.1 Å². The number of carbonyl (C=O) groups excluding carboxylic acids is 1. The first-order valence-corrected chi connectivity index (χ1v) is 10.2. The number of benzene rings is 2. The lowest BCUT2D eigenvalue weighted by atomic mass is 9.97. The first kappa shape index (κ1) is 23.9. The molecule has 0 saturated carbocycles. The highest BCUT2D eigenvalue weighted by Crippen LogP contribution is 2.39. The number of nitrogens with two attached hydrogens (primary N) is 1. The van der Waals surface area contributed by atoms with Gasteiger partial charge in [0, 0.05) is 30.2 Å². The number of methoxy groups -OCH3 is 2. The van der Waals surface area contributed by atoms with Gasteiger partial charge in [-0.3, -0.25) is 4.79 Å². The van der Waals surface area contributed by atoms with Crippen molar-refractivity contribution in [1.82, 2.24) is 4.37 Å². The predicted molar refractivity (Wildman–Crippen MR) is 125 cm³/mol. The molecular formula is C23H27ClN2O3S. The van der Waals surface area contributed by atoms with Crippen molar-refractivity contribution in [2.24, 2.45) is 5.73 Å². The van der Waals surface area contributed by atoms with E-state index in [0.29, 0.717) is 25.1 Å². The Morgan fingerprint density at radius 2 is 1.80 bits per heavy atom. The van der Waals surface area contributed by atoms with Gasteiger partial charge < -0.3 is 15.2 Å². The third-order valence-corrected chi connectivity index (χ3v) is 5.92. The Labute approximate surface area is 187 Å². The van der Waals surface area contributed by atoms with Crippen LogP contribution in [0.4, 0.5) is 0 Å². The van der Waals surface area contributed by atoms with Crippen LogP contribution in [0.15, 0.2) is 36.5 Å². The van der Waals surface area contributed by atoms with Gasteiger partial charge in [-0.15, -0.1) is 12.4 Å². The summed E-state index contributed by atoms with van der Waals surface area (Å²) in [6, 6.07) is 10.1. The number of halogens is 1. The van der Waals surface area contributed by atoms with E-state index >= 15 is 0 Å². The number of aromatic nitrogens is 1. The number of carbonyl (C=O) groups is 1. The molecule has 2 aromatic carbocycles. The number of hydrogen-bond acceptors (Lipinski definition) is 6. The van der Waals surface area contributed by atoms with Crippen LogP contribution in [0.25, 0.3) is 21.6 Å². The van der Waals surface area contributed by atoms with Crippen molar-refractivity contribution in [2.75, 3.05) is 20.8 Å². The molecule has 30 heavy (non-hydrogen) atoms. The zero-order valence-corrected chi connectivity index (χ0v) is 19.3. The largest absolute Gasteiger partial charge is 0.496 e. The molecule has 0 amide bonds. The maximum absolute atomic E-state index is 12.1. The molecule has 3 rings (SSSR count). The van der Waals surface area contributed by atoms with Gasteiger partial charge in [-0.25, -0.2) is 0 Å². The summed E-state index contributed by atoms with van der Waals surface area (Å²) in [4.78, 5) is 13.2. The van der Waals surface area contributed by atoms with Crippen molar-refractivity contribution >= 4 is 29.7 Å². The second-order valence-corrected chi connectivity index (χ2v) is 7.77. The van der Waals surface area contributed by atoms with Crippen LogP contribution in [0.3, 0.4) is 0 Å². The molecule has 0 aliphatic rings. The topological polar surface area (TPSA) is 74.4 Å². The van der Waals surface area contributed by atoms with Crippen LogP contribution >= 0.6 is 23.9 Å². The minimum Gasteiger partial charge on any atom is -0.496 e. The molecule has 7 heteroatoms. The summed E-state index contributed by atoms with van der Waals surface area (Å²) in [6.45, 7) is 4.49. The summed E-state index contributed by atoms with van der Waals surface area (Å²) < 4.78 is 15.4. The van der Waals surface area contributed by atoms with Crippen LogP contribution in [0, 0.1) is 13.8 Å². The van der Waals surface area contributed by atoms with E-state index in [1.807, 2.05) is 24.4 Å². The molecule has 160 valence electrons. The predicted octanol–water partition coefficient (Wildman–Crippen LogP) is 4.99. The number of ketones is 1. The average molecular weight is 447 g/mol. The Kier molecular flexibility index (Phi) is 8.41. The first-order valence-electron chi connectivity index (χ1n) is 9.47. The molecule has 0 bridgehead atoms. The van der Waals surface area contributed by atoms with Gasteiger partial charge in [0.15, 0.2) is 0 Å². The van der Waals surface area contributed by atoms with Crippen molar-refractivity contribution in [1.29, 1.82) is 0 Å². The summed E-state index contributed by atoms with van der Waals surface area (Å²) in [6.07, 6.45) is 2.54. The molecule has 0 saturated heterocycles. The van der Waals surface area contributed by atoms with Gasteiger partial charge in [0.1, 0.15) is 17.3 Å². The first-order chi connectivity index (χ1) is 14.0. The van der Waals surface area contributed by atoms with E-state index in [4.69, 9.17) is 15.2 Å². The van der Waals surface area contributed by atoms with E-state index in [9.17, 15) is 4.79 Å². The summed E-state index contributed by atoms with van der Waals surface area (Å²) in [5, 5.41) is 0. The van der Waals surface area contributed by atoms with E-state index in [0.717, 1.165) is 38.4 Å². The van der Waals surface area contributed by atoms with Crippen molar-refractivity contribution in [3.8, 4) is 33.1 Å². The molecule has 0 fully saturated rings. The summed E-state index contributed by atoms with van der Waals surface area (Å²) >= 11 is 1.45. The van der Waals surface area contributed by atoms with Gasteiger partial charge in [-0.1, -0.05) is 12.1 Å². The van der Waals surface area contributed by atoms with E-state index in [1.54, 1.807) is 14.2 Å². The number of ether oxygens (including phenoxy) is 2. The molecule has 5 nitrogen and oxygen atoms in total. The fraction of sp³-hybridized carbons (Fsp3) is 0.304. The Morgan fingerprint density at radius 3 is 2.47 bits per heavy atom. The SMILES string of the molecule is COc1ccc(-c2cnsc2-c2cc(C)c(C)c(OC)c2)cc1CC(=O)CCN.Cl. The maximum Gasteiger partial charge on any atom is 0.138 e.